The number of rotatable bonds is 6. The second kappa shape index (κ2) is 5.20. The molecule has 0 heterocycles. The van der Waals surface area contributed by atoms with Crippen molar-refractivity contribution in [2.75, 3.05) is 13.1 Å². The third kappa shape index (κ3) is 3.54. The average molecular weight is 231 g/mol. The smallest absolute Gasteiger partial charge is 0.350 e. The highest BCUT2D eigenvalue weighted by Crippen LogP contribution is 2.11. The van der Waals surface area contributed by atoms with Gasteiger partial charge in [-0.2, -0.15) is 13.1 Å². The van der Waals surface area contributed by atoms with Crippen LogP contribution in [0.2, 0.25) is 0 Å². The van der Waals surface area contributed by atoms with E-state index in [-0.39, 0.29) is 6.54 Å². The maximum absolute atomic E-state index is 12.0. The minimum atomic E-state index is -4.65. The first-order valence-electron chi connectivity index (χ1n) is 3.81. The molecule has 0 aromatic rings. The van der Waals surface area contributed by atoms with Crippen molar-refractivity contribution in [3.8, 4) is 0 Å². The summed E-state index contributed by atoms with van der Waals surface area (Å²) < 4.78 is 46.2. The van der Waals surface area contributed by atoms with Crippen LogP contribution in [0.5, 0.6) is 0 Å². The molecule has 0 spiro atoms. The molecule has 0 unspecified atom stereocenters. The third-order valence-corrected chi connectivity index (χ3v) is 3.12. The van der Waals surface area contributed by atoms with Gasteiger partial charge >= 0.3 is 11.7 Å². The van der Waals surface area contributed by atoms with Crippen molar-refractivity contribution in [2.24, 2.45) is 0 Å². The Bertz CT molecular complexity index is 290. The predicted octanol–water partition coefficient (Wildman–Crippen LogP) is 0.335. The van der Waals surface area contributed by atoms with Crippen LogP contribution < -0.4 is 0 Å². The number of hydrogen-bond donors (Lipinski definition) is 1. The highest BCUT2D eigenvalue weighted by atomic mass is 32.2. The lowest BCUT2D eigenvalue weighted by Crippen LogP contribution is -2.36. The Balaban J connectivity index is 4.49. The molecular formula is C6H11F2NO4S. The molecule has 0 aliphatic rings. The summed E-state index contributed by atoms with van der Waals surface area (Å²) in [5.41, 5.74) is 0. The third-order valence-electron chi connectivity index (χ3n) is 1.51. The van der Waals surface area contributed by atoms with Crippen molar-refractivity contribution in [2.45, 2.75) is 19.1 Å². The quantitative estimate of drug-likeness (QED) is 0.715. The van der Waals surface area contributed by atoms with E-state index in [9.17, 15) is 22.0 Å². The van der Waals surface area contributed by atoms with E-state index in [0.29, 0.717) is 4.31 Å². The Morgan fingerprint density at radius 3 is 2.29 bits per heavy atom. The van der Waals surface area contributed by atoms with Crippen molar-refractivity contribution in [3.05, 3.63) is 0 Å². The summed E-state index contributed by atoms with van der Waals surface area (Å²) in [6, 6.07) is 0. The number of carboxylic acids is 1. The summed E-state index contributed by atoms with van der Waals surface area (Å²) >= 11 is 0. The van der Waals surface area contributed by atoms with Gasteiger partial charge in [0.1, 0.15) is 0 Å². The van der Waals surface area contributed by atoms with Crippen LogP contribution in [0.4, 0.5) is 8.78 Å². The van der Waals surface area contributed by atoms with Crippen LogP contribution in [0.15, 0.2) is 0 Å². The number of aliphatic carboxylic acids is 1. The molecular weight excluding hydrogens is 220 g/mol. The first kappa shape index (κ1) is 13.2. The molecule has 0 saturated carbocycles. The van der Waals surface area contributed by atoms with Crippen LogP contribution in [-0.2, 0) is 14.8 Å². The molecule has 14 heavy (non-hydrogen) atoms. The summed E-state index contributed by atoms with van der Waals surface area (Å²) in [7, 11) is -4.65. The molecule has 0 radical (unpaired) electrons. The summed E-state index contributed by atoms with van der Waals surface area (Å²) in [6.07, 6.45) is -0.486. The molecule has 1 N–H and O–H groups in total. The van der Waals surface area contributed by atoms with Crippen LogP contribution in [0.3, 0.4) is 0 Å². The summed E-state index contributed by atoms with van der Waals surface area (Å²) in [5, 5.41) is 8.25. The Kier molecular flexibility index (Phi) is 4.92. The lowest BCUT2D eigenvalue weighted by atomic mass is 10.4. The van der Waals surface area contributed by atoms with Crippen molar-refractivity contribution < 1.29 is 27.1 Å². The minimum Gasteiger partial charge on any atom is -0.481 e. The fraction of sp³-hybridized carbons (Fsp3) is 0.833. The van der Waals surface area contributed by atoms with Crippen LogP contribution in [0.25, 0.3) is 0 Å². The second-order valence-corrected chi connectivity index (χ2v) is 4.34. The highest BCUT2D eigenvalue weighted by molar-refractivity contribution is 7.89. The van der Waals surface area contributed by atoms with Crippen LogP contribution in [0, 0.1) is 0 Å². The van der Waals surface area contributed by atoms with Gasteiger partial charge in [0.05, 0.1) is 6.42 Å². The van der Waals surface area contributed by atoms with Crippen molar-refractivity contribution in [1.29, 1.82) is 0 Å². The van der Waals surface area contributed by atoms with Gasteiger partial charge in [-0.25, -0.2) is 8.42 Å². The van der Waals surface area contributed by atoms with E-state index in [1.807, 2.05) is 0 Å². The minimum absolute atomic E-state index is 0.167. The van der Waals surface area contributed by atoms with Crippen molar-refractivity contribution in [1.82, 2.24) is 4.31 Å². The number of halogens is 2. The number of nitrogens with zero attached hydrogens (tertiary/aromatic N) is 1. The molecule has 0 aromatic carbocycles. The van der Waals surface area contributed by atoms with E-state index in [2.05, 4.69) is 0 Å². The molecule has 0 fully saturated rings. The molecule has 0 aromatic heterocycles. The second-order valence-electron chi connectivity index (χ2n) is 2.44. The first-order chi connectivity index (χ1) is 6.32. The monoisotopic (exact) mass is 231 g/mol. The van der Waals surface area contributed by atoms with E-state index in [1.54, 1.807) is 0 Å². The van der Waals surface area contributed by atoms with Crippen LogP contribution in [0.1, 0.15) is 13.3 Å². The zero-order valence-electron chi connectivity index (χ0n) is 7.48. The molecule has 0 amide bonds. The molecule has 0 bridgehead atoms. The van der Waals surface area contributed by atoms with Crippen LogP contribution >= 0.6 is 0 Å². The number of alkyl halides is 2. The lowest BCUT2D eigenvalue weighted by Gasteiger charge is -2.18. The van der Waals surface area contributed by atoms with E-state index < -0.39 is 34.7 Å². The van der Waals surface area contributed by atoms with E-state index in [0.717, 1.165) is 0 Å². The van der Waals surface area contributed by atoms with Gasteiger partial charge in [-0.1, -0.05) is 6.92 Å². The Hall–Kier alpha value is -0.760. The lowest BCUT2D eigenvalue weighted by molar-refractivity contribution is -0.137. The van der Waals surface area contributed by atoms with Crippen molar-refractivity contribution in [3.63, 3.8) is 0 Å². The van der Waals surface area contributed by atoms with Gasteiger partial charge in [-0.05, 0) is 0 Å². The summed E-state index contributed by atoms with van der Waals surface area (Å²) in [4.78, 5) is 10.1. The van der Waals surface area contributed by atoms with Gasteiger partial charge in [0.15, 0.2) is 0 Å². The maximum Gasteiger partial charge on any atom is 0.350 e. The first-order valence-corrected chi connectivity index (χ1v) is 5.31. The van der Waals surface area contributed by atoms with E-state index in [1.165, 1.54) is 6.92 Å². The average Bonchev–Trinajstić information content (AvgIpc) is 2.04. The largest absolute Gasteiger partial charge is 0.481 e. The van der Waals surface area contributed by atoms with E-state index in [4.69, 9.17) is 5.11 Å². The number of carboxylic acid groups (broad SMARTS) is 1. The van der Waals surface area contributed by atoms with Gasteiger partial charge in [0.25, 0.3) is 10.0 Å². The Morgan fingerprint density at radius 2 is 2.00 bits per heavy atom. The molecule has 5 nitrogen and oxygen atoms in total. The number of carbonyl (C=O) groups is 1. The number of hydrogen-bond acceptors (Lipinski definition) is 3. The van der Waals surface area contributed by atoms with Gasteiger partial charge in [-0.15, -0.1) is 0 Å². The molecule has 0 aliphatic heterocycles. The molecule has 0 atom stereocenters. The molecule has 8 heteroatoms. The Labute approximate surface area is 80.4 Å². The zero-order valence-corrected chi connectivity index (χ0v) is 8.30. The van der Waals surface area contributed by atoms with Crippen molar-refractivity contribution >= 4 is 16.0 Å². The predicted molar refractivity (Wildman–Crippen MR) is 44.4 cm³/mol. The fourth-order valence-corrected chi connectivity index (χ4v) is 1.73. The highest BCUT2D eigenvalue weighted by Gasteiger charge is 2.30. The normalized spacial score (nSPS) is 12.4. The van der Waals surface area contributed by atoms with E-state index >= 15 is 0 Å². The Morgan fingerprint density at radius 1 is 1.50 bits per heavy atom. The maximum atomic E-state index is 12.0. The van der Waals surface area contributed by atoms with Gasteiger partial charge in [0, 0.05) is 13.1 Å². The molecule has 84 valence electrons. The summed E-state index contributed by atoms with van der Waals surface area (Å²) in [6.45, 7) is 0.764. The fourth-order valence-electron chi connectivity index (χ4n) is 0.798. The number of sulfonamides is 1. The van der Waals surface area contributed by atoms with Crippen LogP contribution in [-0.4, -0.2) is 42.6 Å². The summed E-state index contributed by atoms with van der Waals surface area (Å²) in [5.74, 6) is -4.73. The SMILES string of the molecule is CCN(CCC(=O)O)S(=O)(=O)C(F)F. The zero-order chi connectivity index (χ0) is 11.4. The van der Waals surface area contributed by atoms with Gasteiger partial charge in [0.2, 0.25) is 0 Å². The standard InChI is InChI=1S/C6H11F2NO4S/c1-2-9(4-3-5(10)11)14(12,13)6(7)8/h6H,2-4H2,1H3,(H,10,11). The molecule has 0 saturated heterocycles. The molecule has 0 aliphatic carbocycles. The van der Waals surface area contributed by atoms with Gasteiger partial charge in [-0.3, -0.25) is 4.79 Å². The topological polar surface area (TPSA) is 74.7 Å². The molecule has 0 rings (SSSR count). The van der Waals surface area contributed by atoms with Gasteiger partial charge < -0.3 is 5.11 Å².